The van der Waals surface area contributed by atoms with Crippen molar-refractivity contribution in [2.24, 2.45) is 17.8 Å². The van der Waals surface area contributed by atoms with E-state index in [2.05, 4.69) is 57.2 Å². The van der Waals surface area contributed by atoms with Crippen LogP contribution in [0.25, 0.3) is 0 Å². The minimum absolute atomic E-state index is 0.915. The second-order valence-corrected chi connectivity index (χ2v) is 7.29. The third-order valence-electron chi connectivity index (χ3n) is 5.67. The molecule has 3 atom stereocenters. The van der Waals surface area contributed by atoms with E-state index in [4.69, 9.17) is 0 Å². The Hall–Kier alpha value is -1.04. The number of hydrogen-bond donors (Lipinski definition) is 0. The van der Waals surface area contributed by atoms with Gasteiger partial charge in [0.1, 0.15) is 0 Å². The largest absolute Gasteiger partial charge is 0.0885 e. The number of benzene rings is 1. The highest BCUT2D eigenvalue weighted by molar-refractivity contribution is 5.25. The Balaban J connectivity index is 0.00000139. The van der Waals surface area contributed by atoms with Gasteiger partial charge in [-0.3, -0.25) is 0 Å². The molecule has 1 saturated carbocycles. The van der Waals surface area contributed by atoms with Crippen LogP contribution in [-0.2, 0) is 6.42 Å². The maximum atomic E-state index is 2.48. The standard InChI is InChI=1S/C22H34.C2H6/c1-4-5-6-7-8-13-22-19(3)14-15-21(22)17-16-20-12-10-9-11-18(20)2;1-2/h7-12,19,21-22H,4-6,13-17H2,1-3H3;1-2H3/b8-7-;/t19?,21?,22-;/m0./s1. The van der Waals surface area contributed by atoms with E-state index in [1.165, 1.54) is 56.9 Å². The predicted molar refractivity (Wildman–Crippen MR) is 110 cm³/mol. The van der Waals surface area contributed by atoms with Crippen LogP contribution in [-0.4, -0.2) is 0 Å². The number of aryl methyl sites for hydroxylation is 2. The maximum absolute atomic E-state index is 2.48. The van der Waals surface area contributed by atoms with Gasteiger partial charge in [0.2, 0.25) is 0 Å². The van der Waals surface area contributed by atoms with Gasteiger partial charge >= 0.3 is 0 Å². The Morgan fingerprint density at radius 1 is 1.08 bits per heavy atom. The first kappa shape index (κ1) is 21.0. The van der Waals surface area contributed by atoms with Crippen LogP contribution < -0.4 is 0 Å². The van der Waals surface area contributed by atoms with Crippen LogP contribution in [0.4, 0.5) is 0 Å². The topological polar surface area (TPSA) is 0 Å². The summed E-state index contributed by atoms with van der Waals surface area (Å²) in [5, 5.41) is 0. The molecule has 1 fully saturated rings. The molecule has 0 amide bonds. The highest BCUT2D eigenvalue weighted by Gasteiger charge is 2.31. The molecule has 0 spiro atoms. The van der Waals surface area contributed by atoms with Gasteiger partial charge in [-0.15, -0.1) is 0 Å². The fourth-order valence-corrected chi connectivity index (χ4v) is 4.08. The summed E-state index contributed by atoms with van der Waals surface area (Å²) in [4.78, 5) is 0. The van der Waals surface area contributed by atoms with E-state index in [-0.39, 0.29) is 0 Å². The van der Waals surface area contributed by atoms with Gasteiger partial charge in [0.15, 0.2) is 0 Å². The zero-order valence-electron chi connectivity index (χ0n) is 16.9. The zero-order chi connectivity index (χ0) is 17.8. The molecule has 1 aliphatic rings. The molecular weight excluding hydrogens is 288 g/mol. The first-order valence-corrected chi connectivity index (χ1v) is 10.4. The van der Waals surface area contributed by atoms with Crippen LogP contribution in [0.1, 0.15) is 83.8 Å². The van der Waals surface area contributed by atoms with Crippen molar-refractivity contribution in [3.05, 3.63) is 47.5 Å². The van der Waals surface area contributed by atoms with E-state index in [0.29, 0.717) is 0 Å². The molecule has 0 aliphatic heterocycles. The number of rotatable bonds is 8. The Morgan fingerprint density at radius 3 is 2.54 bits per heavy atom. The van der Waals surface area contributed by atoms with Gasteiger partial charge in [-0.05, 0) is 67.9 Å². The van der Waals surface area contributed by atoms with Crippen molar-refractivity contribution in [3.63, 3.8) is 0 Å². The van der Waals surface area contributed by atoms with Crippen LogP contribution in [0.3, 0.4) is 0 Å². The SMILES string of the molecule is CC.CCCC/C=C\C[C@H]1C(C)CCC1CCc1ccccc1C. The second-order valence-electron chi connectivity index (χ2n) is 7.29. The van der Waals surface area contributed by atoms with E-state index in [9.17, 15) is 0 Å². The molecule has 0 bridgehead atoms. The smallest absolute Gasteiger partial charge is 0.0274 e. The molecule has 1 aromatic carbocycles. The Kier molecular flexibility index (Phi) is 10.8. The maximum Gasteiger partial charge on any atom is -0.0274 e. The van der Waals surface area contributed by atoms with Crippen LogP contribution in [0.15, 0.2) is 36.4 Å². The summed E-state index contributed by atoms with van der Waals surface area (Å²) >= 11 is 0. The summed E-state index contributed by atoms with van der Waals surface area (Å²) in [5.74, 6) is 2.77. The van der Waals surface area contributed by atoms with Gasteiger partial charge in [-0.1, -0.05) is 83.4 Å². The highest BCUT2D eigenvalue weighted by Crippen LogP contribution is 2.41. The minimum atomic E-state index is 0.915. The quantitative estimate of drug-likeness (QED) is 0.338. The average molecular weight is 329 g/mol. The molecular formula is C24H40. The molecule has 1 aliphatic carbocycles. The summed E-state index contributed by atoms with van der Waals surface area (Å²) in [6.45, 7) is 11.0. The van der Waals surface area contributed by atoms with Crippen LogP contribution in [0.2, 0.25) is 0 Å². The molecule has 24 heavy (non-hydrogen) atoms. The molecule has 0 saturated heterocycles. The van der Waals surface area contributed by atoms with Gasteiger partial charge in [-0.25, -0.2) is 0 Å². The molecule has 2 unspecified atom stereocenters. The van der Waals surface area contributed by atoms with E-state index in [1.54, 1.807) is 5.56 Å². The predicted octanol–water partition coefficient (Wildman–Crippen LogP) is 7.75. The van der Waals surface area contributed by atoms with Crippen LogP contribution in [0, 0.1) is 24.7 Å². The van der Waals surface area contributed by atoms with Crippen molar-refractivity contribution in [1.29, 1.82) is 0 Å². The summed E-state index contributed by atoms with van der Waals surface area (Å²) in [6, 6.07) is 8.90. The summed E-state index contributed by atoms with van der Waals surface area (Å²) in [7, 11) is 0. The van der Waals surface area contributed by atoms with Gasteiger partial charge in [0.05, 0.1) is 0 Å². The second kappa shape index (κ2) is 12.3. The van der Waals surface area contributed by atoms with Gasteiger partial charge in [0.25, 0.3) is 0 Å². The molecule has 0 radical (unpaired) electrons. The third kappa shape index (κ3) is 6.83. The normalized spacial score (nSPS) is 23.3. The number of allylic oxidation sites excluding steroid dienone is 2. The molecule has 0 heteroatoms. The first-order chi connectivity index (χ1) is 11.7. The molecule has 1 aromatic rings. The lowest BCUT2D eigenvalue weighted by Gasteiger charge is -2.22. The van der Waals surface area contributed by atoms with Gasteiger partial charge in [0, 0.05) is 0 Å². The van der Waals surface area contributed by atoms with E-state index < -0.39 is 0 Å². The van der Waals surface area contributed by atoms with Gasteiger partial charge < -0.3 is 0 Å². The molecule has 0 heterocycles. The third-order valence-corrected chi connectivity index (χ3v) is 5.67. The van der Waals surface area contributed by atoms with Crippen molar-refractivity contribution in [3.8, 4) is 0 Å². The Morgan fingerprint density at radius 2 is 1.83 bits per heavy atom. The molecule has 136 valence electrons. The molecule has 2 rings (SSSR count). The lowest BCUT2D eigenvalue weighted by Crippen LogP contribution is -2.13. The average Bonchev–Trinajstić information content (AvgIpc) is 2.96. The van der Waals surface area contributed by atoms with Crippen LogP contribution in [0.5, 0.6) is 0 Å². The lowest BCUT2D eigenvalue weighted by atomic mass is 9.83. The van der Waals surface area contributed by atoms with Crippen molar-refractivity contribution >= 4 is 0 Å². The van der Waals surface area contributed by atoms with Crippen molar-refractivity contribution in [2.75, 3.05) is 0 Å². The minimum Gasteiger partial charge on any atom is -0.0885 e. The van der Waals surface area contributed by atoms with E-state index >= 15 is 0 Å². The fourth-order valence-electron chi connectivity index (χ4n) is 4.08. The zero-order valence-corrected chi connectivity index (χ0v) is 16.9. The van der Waals surface area contributed by atoms with Crippen molar-refractivity contribution in [1.82, 2.24) is 0 Å². The van der Waals surface area contributed by atoms with Crippen molar-refractivity contribution < 1.29 is 0 Å². The Bertz CT molecular complexity index is 457. The highest BCUT2D eigenvalue weighted by atomic mass is 14.4. The first-order valence-electron chi connectivity index (χ1n) is 10.4. The monoisotopic (exact) mass is 328 g/mol. The van der Waals surface area contributed by atoms with Gasteiger partial charge in [-0.2, -0.15) is 0 Å². The lowest BCUT2D eigenvalue weighted by molar-refractivity contribution is 0.314. The summed E-state index contributed by atoms with van der Waals surface area (Å²) in [5.41, 5.74) is 3.02. The summed E-state index contributed by atoms with van der Waals surface area (Å²) in [6.07, 6.45) is 15.6. The van der Waals surface area contributed by atoms with Crippen LogP contribution >= 0.6 is 0 Å². The Labute approximate surface area is 151 Å². The molecule has 0 N–H and O–H groups in total. The molecule has 0 aromatic heterocycles. The number of hydrogen-bond acceptors (Lipinski definition) is 0. The van der Waals surface area contributed by atoms with E-state index in [1.807, 2.05) is 13.8 Å². The molecule has 0 nitrogen and oxygen atoms in total. The number of unbranched alkanes of at least 4 members (excludes halogenated alkanes) is 2. The summed E-state index contributed by atoms with van der Waals surface area (Å²) < 4.78 is 0. The van der Waals surface area contributed by atoms with E-state index in [0.717, 1.165) is 17.8 Å². The van der Waals surface area contributed by atoms with Crippen molar-refractivity contribution in [2.45, 2.75) is 86.0 Å². The fraction of sp³-hybridized carbons (Fsp3) is 0.667.